The summed E-state index contributed by atoms with van der Waals surface area (Å²) in [6.45, 7) is 0.437. The number of carbonyl (C=O) groups excluding carboxylic acids is 2. The molecule has 7 nitrogen and oxygen atoms in total. The predicted molar refractivity (Wildman–Crippen MR) is 91.2 cm³/mol. The van der Waals surface area contributed by atoms with Gasteiger partial charge in [-0.3, -0.25) is 19.8 Å². The summed E-state index contributed by atoms with van der Waals surface area (Å²) in [6, 6.07) is 11.1. The first-order valence-corrected chi connectivity index (χ1v) is 8.22. The van der Waals surface area contributed by atoms with E-state index in [1.54, 1.807) is 17.9 Å². The number of nitrogens with one attached hydrogen (secondary N) is 1. The van der Waals surface area contributed by atoms with Crippen molar-refractivity contribution in [1.82, 2.24) is 10.5 Å². The molecule has 1 aliphatic carbocycles. The van der Waals surface area contributed by atoms with E-state index in [1.165, 1.54) is 7.11 Å². The molecule has 0 spiro atoms. The zero-order valence-electron chi connectivity index (χ0n) is 14.3. The van der Waals surface area contributed by atoms with Crippen molar-refractivity contribution >= 4 is 11.9 Å². The first kappa shape index (κ1) is 17.9. The number of hydrogen-bond acceptors (Lipinski definition) is 6. The van der Waals surface area contributed by atoms with Crippen LogP contribution in [0.1, 0.15) is 17.5 Å². The first-order valence-electron chi connectivity index (χ1n) is 8.22. The van der Waals surface area contributed by atoms with Crippen LogP contribution in [0.25, 0.3) is 0 Å². The van der Waals surface area contributed by atoms with Gasteiger partial charge in [0.2, 0.25) is 5.91 Å². The number of nitrogens with zero attached hydrogens (tertiary/aromatic N) is 1. The molecule has 1 aromatic heterocycles. The Morgan fingerprint density at radius 1 is 1.19 bits per heavy atom. The molecule has 2 N–H and O–H groups in total. The molecule has 26 heavy (non-hydrogen) atoms. The lowest BCUT2D eigenvalue weighted by atomic mass is 9.93. The molecule has 1 heterocycles. The number of pyridine rings is 1. The van der Waals surface area contributed by atoms with Gasteiger partial charge in [0.15, 0.2) is 0 Å². The summed E-state index contributed by atoms with van der Waals surface area (Å²) in [5, 5.41) is 8.82. The first-order chi connectivity index (χ1) is 12.6. The van der Waals surface area contributed by atoms with E-state index in [1.807, 2.05) is 36.4 Å². The van der Waals surface area contributed by atoms with Gasteiger partial charge < -0.3 is 9.47 Å². The molecule has 1 saturated carbocycles. The third-order valence-corrected chi connectivity index (χ3v) is 4.69. The zero-order chi connectivity index (χ0) is 18.6. The van der Waals surface area contributed by atoms with Gasteiger partial charge in [-0.15, -0.1) is 0 Å². The molecule has 0 saturated heterocycles. The standard InChI is InChI=1S/C19H20N2O5/c1-25-18(23)19(11-16(19)17(22)21-24)10-13-2-4-15(5-3-13)26-12-14-6-8-20-9-7-14/h2-9,16,24H,10-12H2,1H3,(H,21,22). The Labute approximate surface area is 150 Å². The van der Waals surface area contributed by atoms with Crippen molar-refractivity contribution in [2.75, 3.05) is 7.11 Å². The largest absolute Gasteiger partial charge is 0.489 e. The highest BCUT2D eigenvalue weighted by molar-refractivity contribution is 5.93. The minimum atomic E-state index is -0.916. The minimum absolute atomic E-state index is 0.354. The molecule has 1 aromatic carbocycles. The maximum Gasteiger partial charge on any atom is 0.312 e. The Hall–Kier alpha value is -2.93. The highest BCUT2D eigenvalue weighted by atomic mass is 16.5. The van der Waals surface area contributed by atoms with Gasteiger partial charge in [0.1, 0.15) is 12.4 Å². The lowest BCUT2D eigenvalue weighted by Gasteiger charge is -2.15. The number of hydrogen-bond donors (Lipinski definition) is 2. The van der Waals surface area contributed by atoms with Crippen LogP contribution in [-0.2, 0) is 27.4 Å². The molecule has 7 heteroatoms. The Morgan fingerprint density at radius 2 is 1.88 bits per heavy atom. The van der Waals surface area contributed by atoms with Crippen molar-refractivity contribution in [2.24, 2.45) is 11.3 Å². The van der Waals surface area contributed by atoms with Gasteiger partial charge in [-0.2, -0.15) is 0 Å². The molecule has 136 valence electrons. The molecule has 1 aliphatic rings. The molecular weight excluding hydrogens is 336 g/mol. The van der Waals surface area contributed by atoms with Crippen molar-refractivity contribution in [3.05, 3.63) is 59.9 Å². The van der Waals surface area contributed by atoms with Crippen LogP contribution in [0.2, 0.25) is 0 Å². The Bertz CT molecular complexity index is 778. The zero-order valence-corrected chi connectivity index (χ0v) is 14.3. The lowest BCUT2D eigenvalue weighted by Crippen LogP contribution is -2.30. The van der Waals surface area contributed by atoms with E-state index < -0.39 is 23.2 Å². The fourth-order valence-corrected chi connectivity index (χ4v) is 3.14. The van der Waals surface area contributed by atoms with Crippen molar-refractivity contribution in [3.8, 4) is 5.75 Å². The van der Waals surface area contributed by atoms with E-state index in [9.17, 15) is 9.59 Å². The third-order valence-electron chi connectivity index (χ3n) is 4.69. The van der Waals surface area contributed by atoms with Crippen molar-refractivity contribution in [3.63, 3.8) is 0 Å². The smallest absolute Gasteiger partial charge is 0.312 e. The number of amides is 1. The van der Waals surface area contributed by atoms with Crippen LogP contribution in [-0.4, -0.2) is 29.2 Å². The van der Waals surface area contributed by atoms with Crippen LogP contribution in [0.15, 0.2) is 48.8 Å². The third kappa shape index (κ3) is 3.67. The molecule has 1 fully saturated rings. The van der Waals surface area contributed by atoms with Crippen molar-refractivity contribution in [1.29, 1.82) is 0 Å². The summed E-state index contributed by atoms with van der Waals surface area (Å²) in [4.78, 5) is 27.8. The van der Waals surface area contributed by atoms with E-state index in [0.29, 0.717) is 25.2 Å². The monoisotopic (exact) mass is 356 g/mol. The molecule has 2 aromatic rings. The van der Waals surface area contributed by atoms with Crippen LogP contribution in [0.5, 0.6) is 5.75 Å². The lowest BCUT2D eigenvalue weighted by molar-refractivity contribution is -0.149. The van der Waals surface area contributed by atoms with Gasteiger partial charge in [0.25, 0.3) is 0 Å². The van der Waals surface area contributed by atoms with Crippen LogP contribution in [0.4, 0.5) is 0 Å². The number of hydroxylamine groups is 1. The summed E-state index contributed by atoms with van der Waals surface area (Å²) >= 11 is 0. The van der Waals surface area contributed by atoms with E-state index in [0.717, 1.165) is 11.1 Å². The molecule has 0 bridgehead atoms. The van der Waals surface area contributed by atoms with Gasteiger partial charge in [-0.25, -0.2) is 5.48 Å². The van der Waals surface area contributed by atoms with E-state index in [2.05, 4.69) is 4.98 Å². The van der Waals surface area contributed by atoms with Crippen molar-refractivity contribution < 1.29 is 24.3 Å². The molecule has 0 radical (unpaired) electrons. The SMILES string of the molecule is COC(=O)C1(Cc2ccc(OCc3ccncc3)cc2)CC1C(=O)NO. The number of methoxy groups -OCH3 is 1. The molecular formula is C19H20N2O5. The second-order valence-corrected chi connectivity index (χ2v) is 6.35. The predicted octanol–water partition coefficient (Wildman–Crippen LogP) is 1.89. The molecule has 2 unspecified atom stereocenters. The van der Waals surface area contributed by atoms with E-state index in [-0.39, 0.29) is 0 Å². The van der Waals surface area contributed by atoms with Gasteiger partial charge in [-0.1, -0.05) is 12.1 Å². The highest BCUT2D eigenvalue weighted by Crippen LogP contribution is 2.55. The van der Waals surface area contributed by atoms with E-state index >= 15 is 0 Å². The quantitative estimate of drug-likeness (QED) is 0.447. The second kappa shape index (κ2) is 7.53. The fraction of sp³-hybridized carbons (Fsp3) is 0.316. The number of rotatable bonds is 7. The molecule has 1 amide bonds. The Kier molecular flexibility index (Phi) is 5.18. The average Bonchev–Trinajstić information content (AvgIpc) is 3.42. The number of aromatic nitrogens is 1. The normalized spacial score (nSPS) is 20.9. The summed E-state index contributed by atoms with van der Waals surface area (Å²) in [5.41, 5.74) is 2.61. The van der Waals surface area contributed by atoms with Gasteiger partial charge >= 0.3 is 5.97 Å². The second-order valence-electron chi connectivity index (χ2n) is 6.35. The van der Waals surface area contributed by atoms with Crippen LogP contribution < -0.4 is 10.2 Å². The summed E-state index contributed by atoms with van der Waals surface area (Å²) in [6.07, 6.45) is 4.14. The van der Waals surface area contributed by atoms with Gasteiger partial charge in [0, 0.05) is 12.4 Å². The number of carbonyl (C=O) groups is 2. The number of ether oxygens (including phenoxy) is 2. The van der Waals surface area contributed by atoms with Gasteiger partial charge in [-0.05, 0) is 48.2 Å². The summed E-state index contributed by atoms with van der Waals surface area (Å²) in [5.74, 6) is -0.877. The number of esters is 1. The number of benzene rings is 1. The highest BCUT2D eigenvalue weighted by Gasteiger charge is 2.64. The maximum absolute atomic E-state index is 12.1. The summed E-state index contributed by atoms with van der Waals surface area (Å²) in [7, 11) is 1.30. The van der Waals surface area contributed by atoms with Crippen LogP contribution >= 0.6 is 0 Å². The topological polar surface area (TPSA) is 97.8 Å². The fourth-order valence-electron chi connectivity index (χ4n) is 3.14. The van der Waals surface area contributed by atoms with Gasteiger partial charge in [0.05, 0.1) is 18.4 Å². The maximum atomic E-state index is 12.1. The van der Waals surface area contributed by atoms with Crippen LogP contribution in [0, 0.1) is 11.3 Å². The summed E-state index contributed by atoms with van der Waals surface area (Å²) < 4.78 is 10.6. The van der Waals surface area contributed by atoms with Crippen molar-refractivity contribution in [2.45, 2.75) is 19.4 Å². The Morgan fingerprint density at radius 3 is 2.50 bits per heavy atom. The minimum Gasteiger partial charge on any atom is -0.489 e. The molecule has 2 atom stereocenters. The Balaban J connectivity index is 1.64. The average molecular weight is 356 g/mol. The van der Waals surface area contributed by atoms with E-state index in [4.69, 9.17) is 14.7 Å². The van der Waals surface area contributed by atoms with Crippen LogP contribution in [0.3, 0.4) is 0 Å². The molecule has 3 rings (SSSR count). The molecule has 0 aliphatic heterocycles.